The van der Waals surface area contributed by atoms with Crippen LogP contribution in [0.4, 0.5) is 0 Å². The van der Waals surface area contributed by atoms with Crippen LogP contribution in [0.3, 0.4) is 0 Å². The number of hydrogen-bond donors (Lipinski definition) is 1. The van der Waals surface area contributed by atoms with Gasteiger partial charge in [-0.1, -0.05) is 26.0 Å². The number of nitrogens with one attached hydrogen (secondary N) is 1. The van der Waals surface area contributed by atoms with Gasteiger partial charge in [-0.3, -0.25) is 4.79 Å². The molecule has 0 aliphatic carbocycles. The number of rotatable bonds is 8. The third-order valence-electron chi connectivity index (χ3n) is 2.69. The van der Waals surface area contributed by atoms with Gasteiger partial charge in [0.15, 0.2) is 6.61 Å². The summed E-state index contributed by atoms with van der Waals surface area (Å²) in [5.74, 6) is 0.572. The summed E-state index contributed by atoms with van der Waals surface area (Å²) < 4.78 is 5.32. The smallest absolute Gasteiger partial charge is 0.257 e. The summed E-state index contributed by atoms with van der Waals surface area (Å²) in [7, 11) is 0. The minimum atomic E-state index is -0.0917. The molecule has 1 rings (SSSR count). The zero-order valence-electron chi connectivity index (χ0n) is 11.1. The average Bonchev–Trinajstić information content (AvgIpc) is 2.42. The summed E-state index contributed by atoms with van der Waals surface area (Å²) in [6, 6.07) is 10.0. The number of carbonyl (C=O) groups is 1. The predicted octanol–water partition coefficient (Wildman–Crippen LogP) is 1.32. The van der Waals surface area contributed by atoms with E-state index in [0.717, 1.165) is 19.6 Å². The van der Waals surface area contributed by atoms with E-state index in [1.54, 1.807) is 18.2 Å². The number of amides is 1. The van der Waals surface area contributed by atoms with Crippen molar-refractivity contribution in [1.82, 2.24) is 10.2 Å². The minimum absolute atomic E-state index is 0.0517. The van der Waals surface area contributed by atoms with Crippen molar-refractivity contribution < 1.29 is 9.53 Å². The van der Waals surface area contributed by atoms with Gasteiger partial charge in [0.25, 0.3) is 5.91 Å². The number of nitrogens with zero attached hydrogens (tertiary/aromatic N) is 1. The lowest BCUT2D eigenvalue weighted by Crippen LogP contribution is -2.36. The van der Waals surface area contributed by atoms with Gasteiger partial charge in [0.1, 0.15) is 5.75 Å². The summed E-state index contributed by atoms with van der Waals surface area (Å²) in [6.07, 6.45) is 0. The van der Waals surface area contributed by atoms with E-state index in [9.17, 15) is 4.79 Å². The normalized spacial score (nSPS) is 10.4. The first-order valence-electron chi connectivity index (χ1n) is 6.34. The van der Waals surface area contributed by atoms with E-state index in [-0.39, 0.29) is 12.5 Å². The van der Waals surface area contributed by atoms with E-state index in [0.29, 0.717) is 12.3 Å². The highest BCUT2D eigenvalue weighted by atomic mass is 16.5. The third kappa shape index (κ3) is 5.68. The second-order valence-electron chi connectivity index (χ2n) is 3.90. The Bertz CT molecular complexity index is 337. The lowest BCUT2D eigenvalue weighted by molar-refractivity contribution is -0.123. The molecule has 1 aromatic carbocycles. The fourth-order valence-electron chi connectivity index (χ4n) is 1.56. The molecule has 0 unspecified atom stereocenters. The Morgan fingerprint density at radius 3 is 2.83 bits per heavy atom. The highest BCUT2D eigenvalue weighted by molar-refractivity contribution is 5.77. The number of hydrogen-bond acceptors (Lipinski definition) is 3. The molecule has 0 saturated heterocycles. The maximum Gasteiger partial charge on any atom is 0.257 e. The van der Waals surface area contributed by atoms with Crippen molar-refractivity contribution in [2.45, 2.75) is 13.8 Å². The van der Waals surface area contributed by atoms with Crippen LogP contribution in [0.15, 0.2) is 24.3 Å². The molecule has 0 aromatic heterocycles. The van der Waals surface area contributed by atoms with E-state index < -0.39 is 0 Å². The van der Waals surface area contributed by atoms with Gasteiger partial charge in [-0.15, -0.1) is 0 Å². The third-order valence-corrected chi connectivity index (χ3v) is 2.69. The van der Waals surface area contributed by atoms with Crippen LogP contribution in [0.5, 0.6) is 5.75 Å². The van der Waals surface area contributed by atoms with Crippen molar-refractivity contribution in [3.05, 3.63) is 30.3 Å². The van der Waals surface area contributed by atoms with Crippen LogP contribution in [0.2, 0.25) is 0 Å². The molecule has 1 N–H and O–H groups in total. The topological polar surface area (TPSA) is 41.6 Å². The van der Waals surface area contributed by atoms with Crippen molar-refractivity contribution >= 4 is 5.91 Å². The van der Waals surface area contributed by atoms with E-state index in [1.807, 2.05) is 6.07 Å². The minimum Gasteiger partial charge on any atom is -0.484 e. The molecule has 0 atom stereocenters. The SMILES string of the molecule is CCN(CC)CCNC(=O)COc1c[c]ccc1. The van der Waals surface area contributed by atoms with Crippen LogP contribution in [0.1, 0.15) is 13.8 Å². The first kappa shape index (κ1) is 14.5. The second-order valence-corrected chi connectivity index (χ2v) is 3.90. The lowest BCUT2D eigenvalue weighted by Gasteiger charge is -2.17. The van der Waals surface area contributed by atoms with Gasteiger partial charge < -0.3 is 15.0 Å². The van der Waals surface area contributed by atoms with Gasteiger partial charge in [-0.2, -0.15) is 0 Å². The largest absolute Gasteiger partial charge is 0.484 e. The maximum atomic E-state index is 11.5. The highest BCUT2D eigenvalue weighted by Crippen LogP contribution is 2.06. The van der Waals surface area contributed by atoms with Crippen LogP contribution < -0.4 is 10.1 Å². The van der Waals surface area contributed by atoms with E-state index in [1.165, 1.54) is 0 Å². The summed E-state index contributed by atoms with van der Waals surface area (Å²) in [5.41, 5.74) is 0. The number of ether oxygens (including phenoxy) is 1. The van der Waals surface area contributed by atoms with Crippen molar-refractivity contribution in [3.63, 3.8) is 0 Å². The molecule has 0 fully saturated rings. The van der Waals surface area contributed by atoms with E-state index >= 15 is 0 Å². The van der Waals surface area contributed by atoms with Crippen molar-refractivity contribution in [3.8, 4) is 5.75 Å². The highest BCUT2D eigenvalue weighted by Gasteiger charge is 2.03. The summed E-state index contributed by atoms with van der Waals surface area (Å²) >= 11 is 0. The molecule has 0 aliphatic heterocycles. The van der Waals surface area contributed by atoms with Gasteiger partial charge >= 0.3 is 0 Å². The van der Waals surface area contributed by atoms with Crippen LogP contribution in [-0.2, 0) is 4.79 Å². The summed E-state index contributed by atoms with van der Waals surface area (Å²) in [4.78, 5) is 13.8. The maximum absolute atomic E-state index is 11.5. The predicted molar refractivity (Wildman–Crippen MR) is 71.6 cm³/mol. The van der Waals surface area contributed by atoms with Crippen molar-refractivity contribution in [1.29, 1.82) is 0 Å². The quantitative estimate of drug-likeness (QED) is 0.755. The molecule has 0 saturated carbocycles. The zero-order valence-corrected chi connectivity index (χ0v) is 11.1. The van der Waals surface area contributed by atoms with Gasteiger partial charge in [0.05, 0.1) is 0 Å². The molecule has 1 radical (unpaired) electrons. The van der Waals surface area contributed by atoms with Crippen LogP contribution in [-0.4, -0.2) is 43.6 Å². The molecule has 1 amide bonds. The van der Waals surface area contributed by atoms with Gasteiger partial charge in [0.2, 0.25) is 0 Å². The summed E-state index contributed by atoms with van der Waals surface area (Å²) in [5, 5.41) is 2.84. The first-order valence-corrected chi connectivity index (χ1v) is 6.34. The molecule has 99 valence electrons. The van der Waals surface area contributed by atoms with Crippen molar-refractivity contribution in [2.75, 3.05) is 32.8 Å². The molecular formula is C14H21N2O2. The Morgan fingerprint density at radius 1 is 1.44 bits per heavy atom. The Kier molecular flexibility index (Phi) is 6.87. The number of carbonyl (C=O) groups excluding carboxylic acids is 1. The van der Waals surface area contributed by atoms with Crippen LogP contribution in [0, 0.1) is 6.07 Å². The monoisotopic (exact) mass is 249 g/mol. The molecule has 4 heteroatoms. The average molecular weight is 249 g/mol. The molecule has 0 heterocycles. The zero-order chi connectivity index (χ0) is 13.2. The van der Waals surface area contributed by atoms with E-state index in [4.69, 9.17) is 4.74 Å². The lowest BCUT2D eigenvalue weighted by atomic mass is 10.3. The molecule has 0 aliphatic rings. The molecule has 4 nitrogen and oxygen atoms in total. The Hall–Kier alpha value is -1.55. The molecule has 18 heavy (non-hydrogen) atoms. The van der Waals surface area contributed by atoms with Gasteiger partial charge in [-0.25, -0.2) is 0 Å². The molecule has 0 bridgehead atoms. The fourth-order valence-corrected chi connectivity index (χ4v) is 1.56. The Morgan fingerprint density at radius 2 is 2.22 bits per heavy atom. The molecule has 0 spiro atoms. The second kappa shape index (κ2) is 8.53. The first-order chi connectivity index (χ1) is 8.76. The number of benzene rings is 1. The Balaban J connectivity index is 2.14. The Labute approximate surface area is 109 Å². The molecule has 1 aromatic rings. The standard InChI is InChI=1S/C14H21N2O2/c1-3-16(4-2)11-10-15-14(17)12-18-13-8-6-5-7-9-13/h5-6,8-9H,3-4,10-12H2,1-2H3,(H,15,17). The number of likely N-dealkylation sites (N-methyl/N-ethyl adjacent to an activating group) is 1. The summed E-state index contributed by atoms with van der Waals surface area (Å²) in [6.45, 7) is 7.81. The van der Waals surface area contributed by atoms with Gasteiger partial charge in [-0.05, 0) is 31.3 Å². The van der Waals surface area contributed by atoms with Crippen molar-refractivity contribution in [2.24, 2.45) is 0 Å². The van der Waals surface area contributed by atoms with Crippen LogP contribution >= 0.6 is 0 Å². The van der Waals surface area contributed by atoms with Crippen LogP contribution in [0.25, 0.3) is 0 Å². The van der Waals surface area contributed by atoms with E-state index in [2.05, 4.69) is 30.1 Å². The molecular weight excluding hydrogens is 228 g/mol. The fraction of sp³-hybridized carbons (Fsp3) is 0.500. The van der Waals surface area contributed by atoms with Gasteiger partial charge in [0, 0.05) is 13.1 Å².